The predicted molar refractivity (Wildman–Crippen MR) is 46.8 cm³/mol. The zero-order valence-corrected chi connectivity index (χ0v) is 7.23. The Morgan fingerprint density at radius 3 is 2.73 bits per heavy atom. The van der Waals surface area contributed by atoms with Crippen LogP contribution in [0.25, 0.3) is 0 Å². The van der Waals surface area contributed by atoms with E-state index in [4.69, 9.17) is 16.7 Å². The number of aliphatic hydroxyl groups excluding tert-OH is 1. The average Bonchev–Trinajstić information content (AvgIpc) is 2.05. The largest absolute Gasteiger partial charge is 0.392 e. The highest BCUT2D eigenvalue weighted by Gasteiger charge is 1.98. The molecule has 0 amide bonds. The third-order valence-electron chi connectivity index (χ3n) is 1.69. The van der Waals surface area contributed by atoms with Gasteiger partial charge in [0.05, 0.1) is 6.61 Å². The Hall–Kier alpha value is -0.530. The summed E-state index contributed by atoms with van der Waals surface area (Å²) in [6.45, 7) is 2.09. The SMILES string of the molecule is CCc1ccc(Cl)c(CO)c1. The molecule has 0 aliphatic rings. The molecule has 1 aromatic carbocycles. The average molecular weight is 171 g/mol. The van der Waals surface area contributed by atoms with E-state index in [1.165, 1.54) is 5.56 Å². The second-order valence-corrected chi connectivity index (χ2v) is 2.84. The smallest absolute Gasteiger partial charge is 0.0696 e. The van der Waals surface area contributed by atoms with E-state index in [1.807, 2.05) is 18.2 Å². The van der Waals surface area contributed by atoms with Crippen molar-refractivity contribution >= 4 is 11.6 Å². The maximum absolute atomic E-state index is 8.85. The molecular weight excluding hydrogens is 160 g/mol. The minimum absolute atomic E-state index is 0.0205. The Kier molecular flexibility index (Phi) is 2.92. The lowest BCUT2D eigenvalue weighted by Gasteiger charge is -2.02. The van der Waals surface area contributed by atoms with Crippen LogP contribution in [0.15, 0.2) is 18.2 Å². The van der Waals surface area contributed by atoms with Crippen LogP contribution in [-0.4, -0.2) is 5.11 Å². The van der Waals surface area contributed by atoms with Crippen molar-refractivity contribution in [2.75, 3.05) is 0 Å². The molecule has 0 aliphatic heterocycles. The molecule has 1 rings (SSSR count). The first kappa shape index (κ1) is 8.57. The zero-order chi connectivity index (χ0) is 8.27. The maximum atomic E-state index is 8.85. The molecule has 11 heavy (non-hydrogen) atoms. The van der Waals surface area contributed by atoms with Gasteiger partial charge >= 0.3 is 0 Å². The molecule has 0 fully saturated rings. The van der Waals surface area contributed by atoms with Crippen molar-refractivity contribution in [2.45, 2.75) is 20.0 Å². The van der Waals surface area contributed by atoms with Crippen LogP contribution in [-0.2, 0) is 13.0 Å². The lowest BCUT2D eigenvalue weighted by molar-refractivity contribution is 0.282. The fourth-order valence-corrected chi connectivity index (χ4v) is 1.15. The molecule has 0 spiro atoms. The molecule has 60 valence electrons. The van der Waals surface area contributed by atoms with Crippen molar-refractivity contribution in [1.29, 1.82) is 0 Å². The van der Waals surface area contributed by atoms with Gasteiger partial charge in [0.25, 0.3) is 0 Å². The number of rotatable bonds is 2. The van der Waals surface area contributed by atoms with E-state index in [1.54, 1.807) is 0 Å². The molecule has 1 nitrogen and oxygen atoms in total. The first-order valence-corrected chi connectivity index (χ1v) is 4.04. The third kappa shape index (κ3) is 1.95. The summed E-state index contributed by atoms with van der Waals surface area (Å²) in [5, 5.41) is 9.50. The molecule has 0 unspecified atom stereocenters. The van der Waals surface area contributed by atoms with Crippen molar-refractivity contribution in [3.05, 3.63) is 34.3 Å². The van der Waals surface area contributed by atoms with Gasteiger partial charge in [-0.05, 0) is 23.6 Å². The lowest BCUT2D eigenvalue weighted by Crippen LogP contribution is -1.87. The molecule has 0 atom stereocenters. The summed E-state index contributed by atoms with van der Waals surface area (Å²) in [7, 11) is 0. The lowest BCUT2D eigenvalue weighted by atomic mass is 10.1. The number of aliphatic hydroxyl groups is 1. The Labute approximate surface area is 71.6 Å². The summed E-state index contributed by atoms with van der Waals surface area (Å²) in [6, 6.07) is 5.73. The molecule has 0 saturated carbocycles. The molecule has 0 saturated heterocycles. The summed E-state index contributed by atoms with van der Waals surface area (Å²) in [5.41, 5.74) is 2.02. The van der Waals surface area contributed by atoms with Gasteiger partial charge in [-0.3, -0.25) is 0 Å². The van der Waals surface area contributed by atoms with Gasteiger partial charge in [-0.2, -0.15) is 0 Å². The summed E-state index contributed by atoms with van der Waals surface area (Å²) >= 11 is 5.79. The number of benzene rings is 1. The van der Waals surface area contributed by atoms with E-state index >= 15 is 0 Å². The maximum Gasteiger partial charge on any atom is 0.0696 e. The van der Waals surface area contributed by atoms with Gasteiger partial charge < -0.3 is 5.11 Å². The van der Waals surface area contributed by atoms with Crippen LogP contribution in [0.1, 0.15) is 18.1 Å². The third-order valence-corrected chi connectivity index (χ3v) is 2.06. The second kappa shape index (κ2) is 3.74. The number of halogens is 1. The quantitative estimate of drug-likeness (QED) is 0.723. The van der Waals surface area contributed by atoms with Crippen LogP contribution >= 0.6 is 11.6 Å². The van der Waals surface area contributed by atoms with Gasteiger partial charge in [0.1, 0.15) is 0 Å². The van der Waals surface area contributed by atoms with Crippen molar-refractivity contribution in [2.24, 2.45) is 0 Å². The van der Waals surface area contributed by atoms with Gasteiger partial charge in [0.2, 0.25) is 0 Å². The van der Waals surface area contributed by atoms with E-state index in [0.29, 0.717) is 5.02 Å². The minimum Gasteiger partial charge on any atom is -0.392 e. The molecule has 1 N–H and O–H groups in total. The minimum atomic E-state index is 0.0205. The molecule has 0 aliphatic carbocycles. The van der Waals surface area contributed by atoms with Gasteiger partial charge in [-0.1, -0.05) is 30.7 Å². The van der Waals surface area contributed by atoms with Gasteiger partial charge in [0.15, 0.2) is 0 Å². The summed E-state index contributed by atoms with van der Waals surface area (Å²) < 4.78 is 0. The Bertz CT molecular complexity index is 245. The highest BCUT2D eigenvalue weighted by Crippen LogP contribution is 2.17. The van der Waals surface area contributed by atoms with Crippen LogP contribution in [0.4, 0.5) is 0 Å². The number of aryl methyl sites for hydroxylation is 1. The Balaban J connectivity index is 3.02. The fourth-order valence-electron chi connectivity index (χ4n) is 0.969. The zero-order valence-electron chi connectivity index (χ0n) is 6.47. The van der Waals surface area contributed by atoms with Crippen LogP contribution in [0.3, 0.4) is 0 Å². The van der Waals surface area contributed by atoms with E-state index in [0.717, 1.165) is 12.0 Å². The monoisotopic (exact) mass is 170 g/mol. The van der Waals surface area contributed by atoms with Gasteiger partial charge in [-0.15, -0.1) is 0 Å². The molecule has 0 bridgehead atoms. The van der Waals surface area contributed by atoms with Crippen LogP contribution in [0, 0.1) is 0 Å². The van der Waals surface area contributed by atoms with Crippen LogP contribution < -0.4 is 0 Å². The Morgan fingerprint density at radius 1 is 1.45 bits per heavy atom. The van der Waals surface area contributed by atoms with Crippen molar-refractivity contribution in [3.8, 4) is 0 Å². The van der Waals surface area contributed by atoms with Crippen molar-refractivity contribution in [1.82, 2.24) is 0 Å². The first-order valence-electron chi connectivity index (χ1n) is 3.66. The number of hydrogen-bond acceptors (Lipinski definition) is 1. The van der Waals surface area contributed by atoms with Crippen LogP contribution in [0.5, 0.6) is 0 Å². The first-order chi connectivity index (χ1) is 5.27. The molecule has 0 aromatic heterocycles. The normalized spacial score (nSPS) is 10.1. The second-order valence-electron chi connectivity index (χ2n) is 2.44. The highest BCUT2D eigenvalue weighted by molar-refractivity contribution is 6.31. The predicted octanol–water partition coefficient (Wildman–Crippen LogP) is 2.39. The summed E-state index contributed by atoms with van der Waals surface area (Å²) in [6.07, 6.45) is 0.976. The Morgan fingerprint density at radius 2 is 2.18 bits per heavy atom. The van der Waals surface area contributed by atoms with Crippen LogP contribution in [0.2, 0.25) is 5.02 Å². The molecule has 2 heteroatoms. The van der Waals surface area contributed by atoms with Crippen molar-refractivity contribution < 1.29 is 5.11 Å². The van der Waals surface area contributed by atoms with Crippen molar-refractivity contribution in [3.63, 3.8) is 0 Å². The number of hydrogen-bond donors (Lipinski definition) is 1. The van der Waals surface area contributed by atoms with E-state index in [-0.39, 0.29) is 6.61 Å². The molecule has 0 radical (unpaired) electrons. The molecule has 0 heterocycles. The molecule has 1 aromatic rings. The summed E-state index contributed by atoms with van der Waals surface area (Å²) in [5.74, 6) is 0. The van der Waals surface area contributed by atoms with E-state index < -0.39 is 0 Å². The van der Waals surface area contributed by atoms with E-state index in [9.17, 15) is 0 Å². The highest BCUT2D eigenvalue weighted by atomic mass is 35.5. The van der Waals surface area contributed by atoms with Gasteiger partial charge in [-0.25, -0.2) is 0 Å². The molecular formula is C9H11ClO. The fraction of sp³-hybridized carbons (Fsp3) is 0.333. The van der Waals surface area contributed by atoms with Gasteiger partial charge in [0, 0.05) is 5.02 Å². The standard InChI is InChI=1S/C9H11ClO/c1-2-7-3-4-9(10)8(5-7)6-11/h3-5,11H,2,6H2,1H3. The van der Waals surface area contributed by atoms with E-state index in [2.05, 4.69) is 6.92 Å². The summed E-state index contributed by atoms with van der Waals surface area (Å²) in [4.78, 5) is 0. The topological polar surface area (TPSA) is 20.2 Å².